The molecule has 1 aromatic rings. The number of rotatable bonds is 8. The van der Waals surface area contributed by atoms with Gasteiger partial charge in [0.15, 0.2) is 0 Å². The van der Waals surface area contributed by atoms with Crippen LogP contribution in [0.1, 0.15) is 64.9 Å². The lowest BCUT2D eigenvalue weighted by atomic mass is 9.70. The number of aromatic hydroxyl groups is 1. The van der Waals surface area contributed by atoms with E-state index in [-0.39, 0.29) is 5.41 Å². The van der Waals surface area contributed by atoms with Crippen molar-refractivity contribution in [3.8, 4) is 11.5 Å². The third kappa shape index (κ3) is 3.65. The van der Waals surface area contributed by atoms with Gasteiger partial charge in [-0.3, -0.25) is 0 Å². The SMILES string of the molecule is CCCC(CCC)(CCC)c1cc(O)ccc1OC. The zero-order chi connectivity index (χ0) is 14.3. The van der Waals surface area contributed by atoms with Gasteiger partial charge >= 0.3 is 0 Å². The Morgan fingerprint density at radius 2 is 1.53 bits per heavy atom. The van der Waals surface area contributed by atoms with E-state index in [2.05, 4.69) is 20.8 Å². The van der Waals surface area contributed by atoms with Crippen LogP contribution in [0.2, 0.25) is 0 Å². The molecular weight excluding hydrogens is 236 g/mol. The van der Waals surface area contributed by atoms with Gasteiger partial charge in [0.25, 0.3) is 0 Å². The molecule has 108 valence electrons. The second-order valence-corrected chi connectivity index (χ2v) is 5.41. The lowest BCUT2D eigenvalue weighted by Crippen LogP contribution is -2.26. The molecule has 0 saturated carbocycles. The molecule has 0 atom stereocenters. The third-order valence-corrected chi connectivity index (χ3v) is 3.94. The van der Waals surface area contributed by atoms with Crippen molar-refractivity contribution in [3.05, 3.63) is 23.8 Å². The average molecular weight is 264 g/mol. The van der Waals surface area contributed by atoms with Gasteiger partial charge in [0.05, 0.1) is 7.11 Å². The number of hydrogen-bond donors (Lipinski definition) is 1. The summed E-state index contributed by atoms with van der Waals surface area (Å²) in [6.45, 7) is 6.69. The molecule has 0 aliphatic carbocycles. The van der Waals surface area contributed by atoms with Crippen molar-refractivity contribution in [1.29, 1.82) is 0 Å². The highest BCUT2D eigenvalue weighted by Crippen LogP contribution is 2.44. The van der Waals surface area contributed by atoms with Crippen LogP contribution in [0.15, 0.2) is 18.2 Å². The van der Waals surface area contributed by atoms with Crippen LogP contribution in [0.3, 0.4) is 0 Å². The number of methoxy groups -OCH3 is 1. The van der Waals surface area contributed by atoms with E-state index in [9.17, 15) is 5.11 Å². The first-order valence-electron chi connectivity index (χ1n) is 7.51. The van der Waals surface area contributed by atoms with Gasteiger partial charge in [-0.15, -0.1) is 0 Å². The summed E-state index contributed by atoms with van der Waals surface area (Å²) in [5.74, 6) is 1.25. The molecule has 0 aliphatic rings. The minimum absolute atomic E-state index is 0.141. The molecule has 0 bridgehead atoms. The van der Waals surface area contributed by atoms with E-state index in [1.807, 2.05) is 12.1 Å². The normalized spacial score (nSPS) is 11.6. The second kappa shape index (κ2) is 7.42. The van der Waals surface area contributed by atoms with Crippen molar-refractivity contribution < 1.29 is 9.84 Å². The zero-order valence-corrected chi connectivity index (χ0v) is 12.8. The second-order valence-electron chi connectivity index (χ2n) is 5.41. The Morgan fingerprint density at radius 3 is 1.95 bits per heavy atom. The number of benzene rings is 1. The van der Waals surface area contributed by atoms with Gasteiger partial charge in [-0.1, -0.05) is 40.0 Å². The predicted octanol–water partition coefficient (Wildman–Crippen LogP) is 5.04. The van der Waals surface area contributed by atoms with E-state index in [4.69, 9.17) is 4.74 Å². The lowest BCUT2D eigenvalue weighted by Gasteiger charge is -2.35. The molecule has 1 aromatic carbocycles. The van der Waals surface area contributed by atoms with Crippen LogP contribution in [0.4, 0.5) is 0 Å². The molecule has 19 heavy (non-hydrogen) atoms. The first-order valence-corrected chi connectivity index (χ1v) is 7.51. The van der Waals surface area contributed by atoms with Gasteiger partial charge in [-0.05, 0) is 42.9 Å². The smallest absolute Gasteiger partial charge is 0.122 e. The molecular formula is C17H28O2. The fraction of sp³-hybridized carbons (Fsp3) is 0.647. The van der Waals surface area contributed by atoms with Crippen LogP contribution in [0, 0.1) is 0 Å². The van der Waals surface area contributed by atoms with Crippen LogP contribution in [0.25, 0.3) is 0 Å². The van der Waals surface area contributed by atoms with Crippen molar-refractivity contribution in [2.45, 2.75) is 64.7 Å². The van der Waals surface area contributed by atoms with E-state index in [0.717, 1.165) is 44.3 Å². The summed E-state index contributed by atoms with van der Waals surface area (Å²) in [6, 6.07) is 5.50. The maximum atomic E-state index is 9.85. The Kier molecular flexibility index (Phi) is 6.20. The van der Waals surface area contributed by atoms with E-state index >= 15 is 0 Å². The van der Waals surface area contributed by atoms with Crippen LogP contribution >= 0.6 is 0 Å². The Hall–Kier alpha value is -1.18. The van der Waals surface area contributed by atoms with E-state index in [0.29, 0.717) is 5.75 Å². The molecule has 0 fully saturated rings. The predicted molar refractivity (Wildman–Crippen MR) is 81.1 cm³/mol. The van der Waals surface area contributed by atoms with E-state index in [1.54, 1.807) is 13.2 Å². The summed E-state index contributed by atoms with van der Waals surface area (Å²) < 4.78 is 5.53. The highest BCUT2D eigenvalue weighted by molar-refractivity contribution is 5.44. The monoisotopic (exact) mass is 264 g/mol. The Balaban J connectivity index is 3.31. The molecule has 1 N–H and O–H groups in total. The molecule has 0 aliphatic heterocycles. The summed E-state index contributed by atoms with van der Waals surface area (Å²) >= 11 is 0. The summed E-state index contributed by atoms with van der Waals surface area (Å²) in [5.41, 5.74) is 1.32. The first kappa shape index (κ1) is 15.9. The van der Waals surface area contributed by atoms with Crippen molar-refractivity contribution in [3.63, 3.8) is 0 Å². The lowest BCUT2D eigenvalue weighted by molar-refractivity contribution is 0.306. The standard InChI is InChI=1S/C17H28O2/c1-5-10-17(11-6-2,12-7-3)15-13-14(18)8-9-16(15)19-4/h8-9,13,18H,5-7,10-12H2,1-4H3. The van der Waals surface area contributed by atoms with Crippen molar-refractivity contribution in [2.24, 2.45) is 0 Å². The van der Waals surface area contributed by atoms with E-state index in [1.165, 1.54) is 5.56 Å². The van der Waals surface area contributed by atoms with Crippen molar-refractivity contribution >= 4 is 0 Å². The Morgan fingerprint density at radius 1 is 1.00 bits per heavy atom. The van der Waals surface area contributed by atoms with Gasteiger partial charge in [0.2, 0.25) is 0 Å². The van der Waals surface area contributed by atoms with Crippen molar-refractivity contribution in [1.82, 2.24) is 0 Å². The van der Waals surface area contributed by atoms with Crippen LogP contribution in [-0.2, 0) is 5.41 Å². The minimum atomic E-state index is 0.141. The first-order chi connectivity index (χ1) is 9.13. The van der Waals surface area contributed by atoms with Crippen molar-refractivity contribution in [2.75, 3.05) is 7.11 Å². The summed E-state index contributed by atoms with van der Waals surface area (Å²) in [6.07, 6.45) is 6.90. The van der Waals surface area contributed by atoms with Gasteiger partial charge in [-0.25, -0.2) is 0 Å². The zero-order valence-electron chi connectivity index (χ0n) is 12.8. The van der Waals surface area contributed by atoms with Crippen LogP contribution in [0.5, 0.6) is 11.5 Å². The fourth-order valence-electron chi connectivity index (χ4n) is 3.33. The van der Waals surface area contributed by atoms with Gasteiger partial charge in [0.1, 0.15) is 11.5 Å². The van der Waals surface area contributed by atoms with Gasteiger partial charge in [-0.2, -0.15) is 0 Å². The van der Waals surface area contributed by atoms with Crippen LogP contribution < -0.4 is 4.74 Å². The largest absolute Gasteiger partial charge is 0.508 e. The minimum Gasteiger partial charge on any atom is -0.508 e. The summed E-state index contributed by atoms with van der Waals surface area (Å²) in [4.78, 5) is 0. The highest BCUT2D eigenvalue weighted by atomic mass is 16.5. The molecule has 0 heterocycles. The molecule has 0 amide bonds. The highest BCUT2D eigenvalue weighted by Gasteiger charge is 2.32. The molecule has 0 saturated heterocycles. The quantitative estimate of drug-likeness (QED) is 0.713. The molecule has 2 heteroatoms. The van der Waals surface area contributed by atoms with Gasteiger partial charge in [0, 0.05) is 5.56 Å². The number of ether oxygens (including phenoxy) is 1. The molecule has 0 unspecified atom stereocenters. The summed E-state index contributed by atoms with van der Waals surface area (Å²) in [7, 11) is 1.71. The fourth-order valence-corrected chi connectivity index (χ4v) is 3.33. The molecule has 0 radical (unpaired) electrons. The Labute approximate surface area is 117 Å². The summed E-state index contributed by atoms with van der Waals surface area (Å²) in [5, 5.41) is 9.85. The van der Waals surface area contributed by atoms with Crippen LogP contribution in [-0.4, -0.2) is 12.2 Å². The maximum Gasteiger partial charge on any atom is 0.122 e. The molecule has 2 nitrogen and oxygen atoms in total. The average Bonchev–Trinajstić information content (AvgIpc) is 2.39. The third-order valence-electron chi connectivity index (χ3n) is 3.94. The topological polar surface area (TPSA) is 29.5 Å². The molecule has 0 aromatic heterocycles. The number of hydrogen-bond acceptors (Lipinski definition) is 2. The molecule has 0 spiro atoms. The maximum absolute atomic E-state index is 9.85. The number of phenolic OH excluding ortho intramolecular Hbond substituents is 1. The van der Waals surface area contributed by atoms with Gasteiger partial charge < -0.3 is 9.84 Å². The molecule has 1 rings (SSSR count). The van der Waals surface area contributed by atoms with E-state index < -0.39 is 0 Å². The number of phenols is 1. The Bertz CT molecular complexity index is 368.